The number of piperidine rings is 1. The number of hydrogen-bond donors (Lipinski definition) is 2. The molecule has 2 rings (SSSR count). The molecule has 2 N–H and O–H groups in total. The quantitative estimate of drug-likeness (QED) is 0.813. The third-order valence-electron chi connectivity index (χ3n) is 4.57. The van der Waals surface area contributed by atoms with Gasteiger partial charge in [0.2, 0.25) is 5.91 Å². The first-order chi connectivity index (χ1) is 9.00. The molecule has 2 aliphatic rings. The lowest BCUT2D eigenvalue weighted by molar-refractivity contribution is -0.138. The summed E-state index contributed by atoms with van der Waals surface area (Å²) in [6.45, 7) is 5.94. The summed E-state index contributed by atoms with van der Waals surface area (Å²) >= 11 is 0. The van der Waals surface area contributed by atoms with Crippen molar-refractivity contribution in [3.8, 4) is 0 Å². The smallest absolute Gasteiger partial charge is 0.225 e. The van der Waals surface area contributed by atoms with Crippen LogP contribution in [-0.4, -0.2) is 47.2 Å². The molecule has 0 spiro atoms. The maximum atomic E-state index is 11.9. The summed E-state index contributed by atoms with van der Waals surface area (Å²) in [7, 11) is 0. The van der Waals surface area contributed by atoms with Crippen LogP contribution in [0.4, 0.5) is 0 Å². The Morgan fingerprint density at radius 1 is 1.32 bits per heavy atom. The molecule has 19 heavy (non-hydrogen) atoms. The van der Waals surface area contributed by atoms with Crippen LogP contribution in [0.3, 0.4) is 0 Å². The highest BCUT2D eigenvalue weighted by Crippen LogP contribution is 2.24. The van der Waals surface area contributed by atoms with Crippen LogP contribution in [0, 0.1) is 5.92 Å². The molecular formula is C15H28N2O2. The van der Waals surface area contributed by atoms with E-state index in [1.807, 2.05) is 18.7 Å². The van der Waals surface area contributed by atoms with E-state index in [9.17, 15) is 9.90 Å². The number of rotatable bonds is 4. The second-order valence-electron chi connectivity index (χ2n) is 6.57. The standard InChI is InChI=1S/C15H28N2O2/c1-12(2)14(18)17-9-7-15(19,8-10-17)11-16-13-5-3-4-6-13/h12-13,16,19H,3-11H2,1-2H3. The maximum absolute atomic E-state index is 11.9. The van der Waals surface area contributed by atoms with E-state index in [1.165, 1.54) is 25.7 Å². The molecule has 4 nitrogen and oxygen atoms in total. The van der Waals surface area contributed by atoms with Crippen molar-refractivity contribution in [1.29, 1.82) is 0 Å². The van der Waals surface area contributed by atoms with Crippen LogP contribution in [0.1, 0.15) is 52.4 Å². The summed E-state index contributed by atoms with van der Waals surface area (Å²) in [4.78, 5) is 13.8. The number of hydrogen-bond acceptors (Lipinski definition) is 3. The number of amides is 1. The molecule has 0 bridgehead atoms. The van der Waals surface area contributed by atoms with Gasteiger partial charge in [0, 0.05) is 31.6 Å². The molecule has 110 valence electrons. The molecule has 0 aromatic rings. The molecule has 1 heterocycles. The van der Waals surface area contributed by atoms with Crippen LogP contribution >= 0.6 is 0 Å². The van der Waals surface area contributed by atoms with E-state index >= 15 is 0 Å². The monoisotopic (exact) mass is 268 g/mol. The number of likely N-dealkylation sites (tertiary alicyclic amines) is 1. The number of nitrogens with one attached hydrogen (secondary N) is 1. The summed E-state index contributed by atoms with van der Waals surface area (Å²) in [6, 6.07) is 0.597. The van der Waals surface area contributed by atoms with Gasteiger partial charge < -0.3 is 15.3 Å². The maximum Gasteiger partial charge on any atom is 0.225 e. The Morgan fingerprint density at radius 2 is 1.89 bits per heavy atom. The minimum Gasteiger partial charge on any atom is -0.388 e. The molecule has 4 heteroatoms. The minimum atomic E-state index is -0.615. The van der Waals surface area contributed by atoms with E-state index in [0.717, 1.165) is 0 Å². The zero-order valence-electron chi connectivity index (χ0n) is 12.3. The Labute approximate surface area is 116 Å². The predicted molar refractivity (Wildman–Crippen MR) is 75.9 cm³/mol. The van der Waals surface area contributed by atoms with E-state index in [1.54, 1.807) is 0 Å². The Hall–Kier alpha value is -0.610. The molecular weight excluding hydrogens is 240 g/mol. The highest BCUT2D eigenvalue weighted by molar-refractivity contribution is 5.78. The fourth-order valence-electron chi connectivity index (χ4n) is 3.15. The van der Waals surface area contributed by atoms with Gasteiger partial charge in [-0.05, 0) is 25.7 Å². The summed E-state index contributed by atoms with van der Waals surface area (Å²) in [6.07, 6.45) is 6.51. The second-order valence-corrected chi connectivity index (χ2v) is 6.57. The number of carbonyl (C=O) groups excluding carboxylic acids is 1. The summed E-state index contributed by atoms with van der Waals surface area (Å²) in [5.74, 6) is 0.272. The molecule has 2 fully saturated rings. The lowest BCUT2D eigenvalue weighted by atomic mass is 9.90. The predicted octanol–water partition coefficient (Wildman–Crippen LogP) is 1.53. The molecule has 1 aliphatic carbocycles. The Morgan fingerprint density at radius 3 is 2.42 bits per heavy atom. The molecule has 1 saturated carbocycles. The minimum absolute atomic E-state index is 0.0582. The molecule has 0 aromatic heterocycles. The Balaban J connectivity index is 1.75. The van der Waals surface area contributed by atoms with Gasteiger partial charge in [-0.15, -0.1) is 0 Å². The first kappa shape index (κ1) is 14.8. The zero-order chi connectivity index (χ0) is 13.9. The summed E-state index contributed by atoms with van der Waals surface area (Å²) in [5.41, 5.74) is -0.615. The molecule has 0 unspecified atom stereocenters. The van der Waals surface area contributed by atoms with Crippen LogP contribution in [0.25, 0.3) is 0 Å². The van der Waals surface area contributed by atoms with Gasteiger partial charge in [0.05, 0.1) is 5.60 Å². The molecule has 1 amide bonds. The number of nitrogens with zero attached hydrogens (tertiary/aromatic N) is 1. The average Bonchev–Trinajstić information content (AvgIpc) is 2.90. The first-order valence-electron chi connectivity index (χ1n) is 7.75. The highest BCUT2D eigenvalue weighted by atomic mass is 16.3. The van der Waals surface area contributed by atoms with Crippen molar-refractivity contribution in [2.24, 2.45) is 5.92 Å². The van der Waals surface area contributed by atoms with Crippen LogP contribution in [0.5, 0.6) is 0 Å². The fourth-order valence-corrected chi connectivity index (χ4v) is 3.15. The lowest BCUT2D eigenvalue weighted by Crippen LogP contribution is -2.53. The van der Waals surface area contributed by atoms with Gasteiger partial charge in [0.15, 0.2) is 0 Å². The molecule has 0 radical (unpaired) electrons. The van der Waals surface area contributed by atoms with Gasteiger partial charge in [-0.25, -0.2) is 0 Å². The topological polar surface area (TPSA) is 52.6 Å². The van der Waals surface area contributed by atoms with Crippen LogP contribution < -0.4 is 5.32 Å². The average molecular weight is 268 g/mol. The largest absolute Gasteiger partial charge is 0.388 e. The van der Waals surface area contributed by atoms with Gasteiger partial charge in [-0.1, -0.05) is 26.7 Å². The van der Waals surface area contributed by atoms with Crippen molar-refractivity contribution in [3.05, 3.63) is 0 Å². The molecule has 0 atom stereocenters. The van der Waals surface area contributed by atoms with Crippen molar-refractivity contribution in [1.82, 2.24) is 10.2 Å². The fraction of sp³-hybridized carbons (Fsp3) is 0.933. The van der Waals surface area contributed by atoms with Gasteiger partial charge in [0.1, 0.15) is 0 Å². The van der Waals surface area contributed by atoms with E-state index in [2.05, 4.69) is 5.32 Å². The zero-order valence-corrected chi connectivity index (χ0v) is 12.3. The summed E-state index contributed by atoms with van der Waals surface area (Å²) in [5, 5.41) is 14.1. The van der Waals surface area contributed by atoms with Crippen LogP contribution in [0.2, 0.25) is 0 Å². The van der Waals surface area contributed by atoms with Crippen molar-refractivity contribution in [2.45, 2.75) is 64.0 Å². The highest BCUT2D eigenvalue weighted by Gasteiger charge is 2.34. The molecule has 0 aromatic carbocycles. The molecule has 1 aliphatic heterocycles. The van der Waals surface area contributed by atoms with Crippen molar-refractivity contribution < 1.29 is 9.90 Å². The molecule has 1 saturated heterocycles. The van der Waals surface area contributed by atoms with Gasteiger partial charge in [-0.2, -0.15) is 0 Å². The van der Waals surface area contributed by atoms with Crippen molar-refractivity contribution in [2.75, 3.05) is 19.6 Å². The van der Waals surface area contributed by atoms with Crippen molar-refractivity contribution in [3.63, 3.8) is 0 Å². The lowest BCUT2D eigenvalue weighted by Gasteiger charge is -2.39. The van der Waals surface area contributed by atoms with E-state index in [4.69, 9.17) is 0 Å². The van der Waals surface area contributed by atoms with E-state index < -0.39 is 5.60 Å². The van der Waals surface area contributed by atoms with Crippen LogP contribution in [0.15, 0.2) is 0 Å². The van der Waals surface area contributed by atoms with Gasteiger partial charge >= 0.3 is 0 Å². The second kappa shape index (κ2) is 6.23. The normalized spacial score (nSPS) is 24.1. The first-order valence-corrected chi connectivity index (χ1v) is 7.75. The van der Waals surface area contributed by atoms with Crippen LogP contribution in [-0.2, 0) is 4.79 Å². The van der Waals surface area contributed by atoms with E-state index in [0.29, 0.717) is 38.5 Å². The SMILES string of the molecule is CC(C)C(=O)N1CCC(O)(CNC2CCCC2)CC1. The Bertz CT molecular complexity index is 303. The number of aliphatic hydroxyl groups is 1. The third kappa shape index (κ3) is 3.93. The number of carbonyl (C=O) groups is 1. The summed E-state index contributed by atoms with van der Waals surface area (Å²) < 4.78 is 0. The van der Waals surface area contributed by atoms with Gasteiger partial charge in [-0.3, -0.25) is 4.79 Å². The third-order valence-corrected chi connectivity index (χ3v) is 4.57. The Kier molecular flexibility index (Phi) is 4.85. The van der Waals surface area contributed by atoms with E-state index in [-0.39, 0.29) is 11.8 Å². The van der Waals surface area contributed by atoms with Crippen molar-refractivity contribution >= 4 is 5.91 Å². The van der Waals surface area contributed by atoms with Gasteiger partial charge in [0.25, 0.3) is 0 Å².